The summed E-state index contributed by atoms with van der Waals surface area (Å²) >= 11 is 5.91. The molecule has 0 spiro atoms. The second-order valence-corrected chi connectivity index (χ2v) is 6.82. The van der Waals surface area contributed by atoms with E-state index in [4.69, 9.17) is 10.5 Å². The lowest BCUT2D eigenvalue weighted by molar-refractivity contribution is 0.0694. The second-order valence-electron chi connectivity index (χ2n) is 3.59. The van der Waals surface area contributed by atoms with Crippen LogP contribution < -0.4 is 11.1 Å². The molecule has 4 N–H and O–H groups in total. The van der Waals surface area contributed by atoms with Gasteiger partial charge in [0.05, 0.1) is 21.4 Å². The van der Waals surface area contributed by atoms with Crippen molar-refractivity contribution in [2.24, 2.45) is 0 Å². The summed E-state index contributed by atoms with van der Waals surface area (Å²) in [6, 6.07) is 0. The van der Waals surface area contributed by atoms with E-state index in [0.717, 1.165) is 3.57 Å². The predicted molar refractivity (Wildman–Crippen MR) is 99.8 cm³/mol. The molecule has 6 nitrogen and oxygen atoms in total. The first kappa shape index (κ1) is 18.0. The summed E-state index contributed by atoms with van der Waals surface area (Å²) in [6.45, 7) is 2.14. The number of aromatic carboxylic acids is 1. The Morgan fingerprint density at radius 3 is 2.35 bits per heavy atom. The molecule has 0 saturated heterocycles. The first-order valence-corrected chi connectivity index (χ1v) is 8.63. The van der Waals surface area contributed by atoms with Gasteiger partial charge in [0.15, 0.2) is 0 Å². The van der Waals surface area contributed by atoms with Crippen molar-refractivity contribution in [3.05, 3.63) is 21.8 Å². The normalized spacial score (nSPS) is 10.2. The molecule has 1 amide bonds. The molecule has 0 atom stereocenters. The molecular formula is C11H11I3N2O4. The van der Waals surface area contributed by atoms with E-state index in [1.807, 2.05) is 67.8 Å². The van der Waals surface area contributed by atoms with E-state index >= 15 is 0 Å². The number of nitrogen functional groups attached to an aromatic ring is 1. The number of alkyl carbamates (subject to hydrolysis) is 1. The Morgan fingerprint density at radius 2 is 1.85 bits per heavy atom. The van der Waals surface area contributed by atoms with Crippen LogP contribution in [-0.2, 0) is 11.3 Å². The van der Waals surface area contributed by atoms with Gasteiger partial charge in [-0.25, -0.2) is 9.59 Å². The van der Waals surface area contributed by atoms with Gasteiger partial charge in [0.25, 0.3) is 0 Å². The number of carboxylic acid groups (broad SMARTS) is 1. The largest absolute Gasteiger partial charge is 0.478 e. The highest BCUT2D eigenvalue weighted by Crippen LogP contribution is 2.33. The molecule has 9 heteroatoms. The van der Waals surface area contributed by atoms with Crippen molar-refractivity contribution >= 4 is 85.5 Å². The summed E-state index contributed by atoms with van der Waals surface area (Å²) in [5.41, 5.74) is 7.17. The topological polar surface area (TPSA) is 102 Å². The molecule has 0 fully saturated rings. The third-order valence-corrected chi connectivity index (χ3v) is 5.88. The molecule has 0 unspecified atom stereocenters. The maximum atomic E-state index is 11.3. The molecule has 0 aliphatic rings. The number of hydrogen-bond donors (Lipinski definition) is 3. The smallest absolute Gasteiger partial charge is 0.407 e. The average molecular weight is 616 g/mol. The Labute approximate surface area is 156 Å². The number of carbonyl (C=O) groups excluding carboxylic acids is 1. The van der Waals surface area contributed by atoms with E-state index in [9.17, 15) is 14.7 Å². The number of benzene rings is 1. The van der Waals surface area contributed by atoms with E-state index in [1.54, 1.807) is 6.92 Å². The number of anilines is 1. The molecule has 1 rings (SSSR count). The third kappa shape index (κ3) is 3.99. The van der Waals surface area contributed by atoms with Crippen LogP contribution in [-0.4, -0.2) is 23.8 Å². The average Bonchev–Trinajstić information content (AvgIpc) is 2.36. The fourth-order valence-corrected chi connectivity index (χ4v) is 5.43. The van der Waals surface area contributed by atoms with Crippen LogP contribution in [0.2, 0.25) is 0 Å². The van der Waals surface area contributed by atoms with Gasteiger partial charge in [-0.1, -0.05) is 0 Å². The lowest BCUT2D eigenvalue weighted by Gasteiger charge is -2.15. The number of halogens is 3. The molecule has 0 aromatic heterocycles. The van der Waals surface area contributed by atoms with E-state index in [0.29, 0.717) is 18.4 Å². The zero-order valence-corrected chi connectivity index (χ0v) is 16.8. The molecular weight excluding hydrogens is 605 g/mol. The minimum Gasteiger partial charge on any atom is -0.478 e. The van der Waals surface area contributed by atoms with Gasteiger partial charge in [0, 0.05) is 19.2 Å². The fraction of sp³-hybridized carbons (Fsp3) is 0.273. The number of nitrogens with two attached hydrogens (primary N) is 1. The van der Waals surface area contributed by atoms with Gasteiger partial charge in [-0.15, -0.1) is 0 Å². The molecule has 0 saturated carbocycles. The monoisotopic (exact) mass is 616 g/mol. The van der Waals surface area contributed by atoms with Gasteiger partial charge >= 0.3 is 12.1 Å². The Morgan fingerprint density at radius 1 is 1.25 bits per heavy atom. The van der Waals surface area contributed by atoms with E-state index in [2.05, 4.69) is 5.32 Å². The van der Waals surface area contributed by atoms with Crippen molar-refractivity contribution in [1.82, 2.24) is 5.32 Å². The van der Waals surface area contributed by atoms with Gasteiger partial charge < -0.3 is 20.9 Å². The van der Waals surface area contributed by atoms with Crippen LogP contribution in [0, 0.1) is 10.7 Å². The van der Waals surface area contributed by atoms with Crippen LogP contribution >= 0.6 is 67.8 Å². The van der Waals surface area contributed by atoms with Crippen LogP contribution in [0.4, 0.5) is 10.5 Å². The molecule has 0 bridgehead atoms. The van der Waals surface area contributed by atoms with Crippen LogP contribution in [0.15, 0.2) is 0 Å². The zero-order valence-electron chi connectivity index (χ0n) is 10.3. The number of amides is 1. The molecule has 0 radical (unpaired) electrons. The molecule has 1 aromatic rings. The van der Waals surface area contributed by atoms with Crippen molar-refractivity contribution in [1.29, 1.82) is 0 Å². The number of ether oxygens (including phenoxy) is 1. The van der Waals surface area contributed by atoms with Crippen molar-refractivity contribution in [3.63, 3.8) is 0 Å². The zero-order chi connectivity index (χ0) is 15.4. The summed E-state index contributed by atoms with van der Waals surface area (Å²) in [5.74, 6) is -1.04. The number of nitrogens with one attached hydrogen (secondary N) is 1. The van der Waals surface area contributed by atoms with Gasteiger partial charge in [-0.2, -0.15) is 0 Å². The number of carboxylic acids is 1. The summed E-state index contributed by atoms with van der Waals surface area (Å²) in [6.07, 6.45) is -0.548. The van der Waals surface area contributed by atoms with Gasteiger partial charge in [-0.05, 0) is 74.7 Å². The first-order valence-electron chi connectivity index (χ1n) is 5.39. The van der Waals surface area contributed by atoms with Gasteiger partial charge in [0.2, 0.25) is 0 Å². The number of rotatable bonds is 4. The lowest BCUT2D eigenvalue weighted by Crippen LogP contribution is -2.25. The quantitative estimate of drug-likeness (QED) is 0.357. The van der Waals surface area contributed by atoms with Crippen molar-refractivity contribution < 1.29 is 19.4 Å². The Hall–Kier alpha value is -0.0500. The molecule has 0 aliphatic carbocycles. The standard InChI is InChI=1S/C11H11I3N2O4/c1-2-20-11(19)16-3-4-6(12)5(10(17)18)8(14)9(15)7(4)13/h2-3,15H2,1H3,(H,16,19)(H,17,18). The fourth-order valence-electron chi connectivity index (χ4n) is 1.42. The Kier molecular flexibility index (Phi) is 7.03. The minimum absolute atomic E-state index is 0.157. The highest BCUT2D eigenvalue weighted by Gasteiger charge is 2.23. The van der Waals surface area contributed by atoms with Crippen molar-refractivity contribution in [2.75, 3.05) is 12.3 Å². The maximum Gasteiger partial charge on any atom is 0.407 e. The number of carbonyl (C=O) groups is 2. The highest BCUT2D eigenvalue weighted by molar-refractivity contribution is 14.1. The van der Waals surface area contributed by atoms with Crippen LogP contribution in [0.25, 0.3) is 0 Å². The van der Waals surface area contributed by atoms with Crippen LogP contribution in [0.5, 0.6) is 0 Å². The highest BCUT2D eigenvalue weighted by atomic mass is 127. The Bertz CT molecular complexity index is 563. The third-order valence-electron chi connectivity index (χ3n) is 2.34. The number of hydrogen-bond acceptors (Lipinski definition) is 4. The van der Waals surface area contributed by atoms with Gasteiger partial charge in [0.1, 0.15) is 0 Å². The summed E-state index contributed by atoms with van der Waals surface area (Å²) in [4.78, 5) is 22.6. The summed E-state index contributed by atoms with van der Waals surface area (Å²) in [7, 11) is 0. The molecule has 0 heterocycles. The van der Waals surface area contributed by atoms with E-state index in [-0.39, 0.29) is 18.7 Å². The van der Waals surface area contributed by atoms with E-state index in [1.165, 1.54) is 0 Å². The summed E-state index contributed by atoms with van der Waals surface area (Å²) < 4.78 is 6.57. The second kappa shape index (κ2) is 7.82. The molecule has 110 valence electrons. The SMILES string of the molecule is CCOC(=O)NCc1c(I)c(N)c(I)c(C(=O)O)c1I. The molecule has 1 aromatic carbocycles. The Balaban J connectivity index is 3.20. The summed E-state index contributed by atoms with van der Waals surface area (Å²) in [5, 5.41) is 11.8. The maximum absolute atomic E-state index is 11.3. The molecule has 20 heavy (non-hydrogen) atoms. The molecule has 0 aliphatic heterocycles. The lowest BCUT2D eigenvalue weighted by atomic mass is 10.1. The predicted octanol–water partition coefficient (Wildman–Crippen LogP) is 3.03. The van der Waals surface area contributed by atoms with E-state index < -0.39 is 12.1 Å². The van der Waals surface area contributed by atoms with Crippen LogP contribution in [0.3, 0.4) is 0 Å². The minimum atomic E-state index is -1.04. The van der Waals surface area contributed by atoms with Crippen molar-refractivity contribution in [2.45, 2.75) is 13.5 Å². The van der Waals surface area contributed by atoms with Crippen LogP contribution in [0.1, 0.15) is 22.8 Å². The van der Waals surface area contributed by atoms with Crippen molar-refractivity contribution in [3.8, 4) is 0 Å². The first-order chi connectivity index (χ1) is 9.31. The van der Waals surface area contributed by atoms with Gasteiger partial charge in [-0.3, -0.25) is 0 Å².